The average molecular weight is 251 g/mol. The number of esters is 1. The van der Waals surface area contributed by atoms with Gasteiger partial charge in [-0.2, -0.15) is 0 Å². The first-order valence-corrected chi connectivity index (χ1v) is 6.25. The molecule has 1 saturated heterocycles. The van der Waals surface area contributed by atoms with E-state index in [0.29, 0.717) is 45.5 Å². The number of rotatable bonds is 2. The number of nitrogens with zero attached hydrogens (tertiary/aromatic N) is 1. The second-order valence-corrected chi connectivity index (χ2v) is 4.39. The summed E-state index contributed by atoms with van der Waals surface area (Å²) in [6.45, 7) is 10.4. The lowest BCUT2D eigenvalue weighted by atomic mass is 9.88. The molecule has 0 aromatic carbocycles. The summed E-state index contributed by atoms with van der Waals surface area (Å²) in [6.07, 6.45) is 2.74. The van der Waals surface area contributed by atoms with Gasteiger partial charge in [0.15, 0.2) is 5.79 Å². The number of allylic oxidation sites excluding steroid dienone is 1. The summed E-state index contributed by atoms with van der Waals surface area (Å²) in [7, 11) is 0. The zero-order valence-electron chi connectivity index (χ0n) is 10.5. The standard InChI is InChI=1S/C13H17NO4/c1-3-16-12(15)11(14-2)10-4-6-13(7-5-10)17-8-9-18-13/h3-9H2,1H3. The van der Waals surface area contributed by atoms with Crippen LogP contribution in [0.1, 0.15) is 32.6 Å². The minimum Gasteiger partial charge on any atom is -0.471 e. The van der Waals surface area contributed by atoms with E-state index in [1.165, 1.54) is 0 Å². The summed E-state index contributed by atoms with van der Waals surface area (Å²) in [5.74, 6) is -0.975. The van der Waals surface area contributed by atoms with E-state index in [2.05, 4.69) is 4.85 Å². The molecule has 1 spiro atoms. The topological polar surface area (TPSA) is 49.1 Å². The van der Waals surface area contributed by atoms with Crippen LogP contribution in [0.2, 0.25) is 0 Å². The zero-order valence-corrected chi connectivity index (χ0v) is 10.5. The molecule has 5 heteroatoms. The number of hydrogen-bond donors (Lipinski definition) is 0. The molecular weight excluding hydrogens is 234 g/mol. The van der Waals surface area contributed by atoms with Gasteiger partial charge in [-0.15, -0.1) is 0 Å². The predicted octanol–water partition coefficient (Wildman–Crippen LogP) is 2.04. The normalized spacial score (nSPS) is 21.7. The Morgan fingerprint density at radius 2 is 2.00 bits per heavy atom. The van der Waals surface area contributed by atoms with Crippen molar-refractivity contribution < 1.29 is 19.0 Å². The van der Waals surface area contributed by atoms with Gasteiger partial charge in [-0.1, -0.05) is 5.57 Å². The molecule has 1 heterocycles. The number of hydrogen-bond acceptors (Lipinski definition) is 4. The molecule has 1 aliphatic heterocycles. The Balaban J connectivity index is 2.06. The lowest BCUT2D eigenvalue weighted by Gasteiger charge is -2.32. The quantitative estimate of drug-likeness (QED) is 0.428. The molecule has 0 radical (unpaired) electrons. The van der Waals surface area contributed by atoms with Crippen LogP contribution in [0.3, 0.4) is 0 Å². The first-order chi connectivity index (χ1) is 8.71. The van der Waals surface area contributed by atoms with E-state index in [1.807, 2.05) is 0 Å². The molecular formula is C13H17NO4. The average Bonchev–Trinajstić information content (AvgIpc) is 2.82. The molecule has 1 saturated carbocycles. The monoisotopic (exact) mass is 251 g/mol. The van der Waals surface area contributed by atoms with E-state index in [4.69, 9.17) is 20.8 Å². The Bertz CT molecular complexity index is 390. The van der Waals surface area contributed by atoms with Crippen LogP contribution in [0, 0.1) is 6.57 Å². The van der Waals surface area contributed by atoms with Crippen LogP contribution in [-0.2, 0) is 19.0 Å². The first-order valence-electron chi connectivity index (χ1n) is 6.25. The molecule has 0 unspecified atom stereocenters. The van der Waals surface area contributed by atoms with Gasteiger partial charge in [0.25, 0.3) is 5.70 Å². The lowest BCUT2D eigenvalue weighted by molar-refractivity contribution is -0.171. The van der Waals surface area contributed by atoms with Crippen molar-refractivity contribution in [2.75, 3.05) is 19.8 Å². The lowest BCUT2D eigenvalue weighted by Crippen LogP contribution is -2.33. The molecule has 1 aliphatic carbocycles. The van der Waals surface area contributed by atoms with Crippen LogP contribution < -0.4 is 0 Å². The minimum absolute atomic E-state index is 0.143. The van der Waals surface area contributed by atoms with E-state index < -0.39 is 11.8 Å². The number of ether oxygens (including phenoxy) is 3. The molecule has 0 atom stereocenters. The maximum Gasteiger partial charge on any atom is 0.336 e. The Labute approximate surface area is 107 Å². The van der Waals surface area contributed by atoms with E-state index in [9.17, 15) is 4.79 Å². The van der Waals surface area contributed by atoms with Crippen molar-refractivity contribution in [3.8, 4) is 0 Å². The highest BCUT2D eigenvalue weighted by Gasteiger charge is 2.39. The molecule has 2 fully saturated rings. The van der Waals surface area contributed by atoms with E-state index in [0.717, 1.165) is 5.57 Å². The summed E-state index contributed by atoms with van der Waals surface area (Å²) >= 11 is 0. The second kappa shape index (κ2) is 5.51. The predicted molar refractivity (Wildman–Crippen MR) is 63.4 cm³/mol. The maximum atomic E-state index is 11.6. The van der Waals surface area contributed by atoms with Crippen LogP contribution in [0.25, 0.3) is 4.85 Å². The van der Waals surface area contributed by atoms with Crippen molar-refractivity contribution in [3.05, 3.63) is 22.7 Å². The van der Waals surface area contributed by atoms with Gasteiger partial charge in [-0.25, -0.2) is 4.85 Å². The summed E-state index contributed by atoms with van der Waals surface area (Å²) in [5.41, 5.74) is 1.01. The van der Waals surface area contributed by atoms with Gasteiger partial charge >= 0.3 is 5.97 Å². The SMILES string of the molecule is [C-]#[N+]C(C(=O)OCC)=C1CCC2(CC1)OCCO2. The number of carbonyl (C=O) groups is 1. The second-order valence-electron chi connectivity index (χ2n) is 4.39. The van der Waals surface area contributed by atoms with E-state index >= 15 is 0 Å². The highest BCUT2D eigenvalue weighted by molar-refractivity contribution is 5.91. The largest absolute Gasteiger partial charge is 0.471 e. The van der Waals surface area contributed by atoms with Crippen LogP contribution >= 0.6 is 0 Å². The molecule has 2 rings (SSSR count). The van der Waals surface area contributed by atoms with Gasteiger partial charge in [0, 0.05) is 12.8 Å². The Kier molecular flexibility index (Phi) is 4.00. The Hall–Kier alpha value is -1.38. The minimum atomic E-state index is -0.508. The van der Waals surface area contributed by atoms with Gasteiger partial charge in [0.2, 0.25) is 0 Å². The van der Waals surface area contributed by atoms with Crippen molar-refractivity contribution in [1.82, 2.24) is 0 Å². The van der Waals surface area contributed by atoms with Crippen LogP contribution in [0.4, 0.5) is 0 Å². The summed E-state index contributed by atoms with van der Waals surface area (Å²) in [4.78, 5) is 14.9. The third-order valence-corrected chi connectivity index (χ3v) is 3.34. The Morgan fingerprint density at radius 3 is 2.50 bits per heavy atom. The van der Waals surface area contributed by atoms with Crippen molar-refractivity contribution >= 4 is 5.97 Å². The first kappa shape index (κ1) is 13.1. The van der Waals surface area contributed by atoms with Crippen LogP contribution in [0.15, 0.2) is 11.3 Å². The smallest absolute Gasteiger partial charge is 0.336 e. The molecule has 0 aromatic heterocycles. The fourth-order valence-corrected chi connectivity index (χ4v) is 2.42. The van der Waals surface area contributed by atoms with Crippen molar-refractivity contribution in [2.45, 2.75) is 38.4 Å². The third-order valence-electron chi connectivity index (χ3n) is 3.34. The van der Waals surface area contributed by atoms with Crippen molar-refractivity contribution in [1.29, 1.82) is 0 Å². The fourth-order valence-electron chi connectivity index (χ4n) is 2.42. The van der Waals surface area contributed by atoms with Gasteiger partial charge in [-0.05, 0) is 19.8 Å². The number of carbonyl (C=O) groups excluding carboxylic acids is 1. The van der Waals surface area contributed by atoms with Crippen LogP contribution in [-0.4, -0.2) is 31.6 Å². The summed E-state index contributed by atoms with van der Waals surface area (Å²) in [5, 5.41) is 0. The molecule has 0 N–H and O–H groups in total. The van der Waals surface area contributed by atoms with Gasteiger partial charge in [0.1, 0.15) is 0 Å². The molecule has 5 nitrogen and oxygen atoms in total. The third kappa shape index (κ3) is 2.55. The van der Waals surface area contributed by atoms with Crippen molar-refractivity contribution in [2.24, 2.45) is 0 Å². The highest BCUT2D eigenvalue weighted by atomic mass is 16.7. The fraction of sp³-hybridized carbons (Fsp3) is 0.692. The molecule has 0 amide bonds. The molecule has 98 valence electrons. The maximum absolute atomic E-state index is 11.6. The zero-order chi connectivity index (χ0) is 13.0. The molecule has 0 aromatic rings. The highest BCUT2D eigenvalue weighted by Crippen LogP contribution is 2.39. The Morgan fingerprint density at radius 1 is 1.39 bits per heavy atom. The molecule has 0 bridgehead atoms. The summed E-state index contributed by atoms with van der Waals surface area (Å²) < 4.78 is 16.1. The van der Waals surface area contributed by atoms with Gasteiger partial charge in [0.05, 0.1) is 26.4 Å². The van der Waals surface area contributed by atoms with Gasteiger partial charge in [-0.3, -0.25) is 4.79 Å². The van der Waals surface area contributed by atoms with Crippen molar-refractivity contribution in [3.63, 3.8) is 0 Å². The van der Waals surface area contributed by atoms with Crippen LogP contribution in [0.5, 0.6) is 0 Å². The molecule has 18 heavy (non-hydrogen) atoms. The summed E-state index contributed by atoms with van der Waals surface area (Å²) in [6, 6.07) is 0. The van der Waals surface area contributed by atoms with Gasteiger partial charge < -0.3 is 14.2 Å². The van der Waals surface area contributed by atoms with E-state index in [-0.39, 0.29) is 5.70 Å². The molecule has 2 aliphatic rings. The van der Waals surface area contributed by atoms with E-state index in [1.54, 1.807) is 6.92 Å².